The number of fused-ring (bicyclic) bond motifs is 1. The van der Waals surface area contributed by atoms with Crippen molar-refractivity contribution in [3.05, 3.63) is 65.1 Å². The van der Waals surface area contributed by atoms with E-state index in [4.69, 9.17) is 5.73 Å². The number of rotatable bonds is 3. The molecule has 1 fully saturated rings. The fourth-order valence-corrected chi connectivity index (χ4v) is 4.11. The molecule has 2 N–H and O–H groups in total. The van der Waals surface area contributed by atoms with E-state index in [1.807, 2.05) is 6.92 Å². The topological polar surface area (TPSA) is 97.4 Å². The third-order valence-electron chi connectivity index (χ3n) is 5.60. The first-order chi connectivity index (χ1) is 14.8. The van der Waals surface area contributed by atoms with Gasteiger partial charge in [0, 0.05) is 31.4 Å². The first-order valence-electron chi connectivity index (χ1n) is 9.93. The summed E-state index contributed by atoms with van der Waals surface area (Å²) in [5.41, 5.74) is 6.36. The van der Waals surface area contributed by atoms with Gasteiger partial charge < -0.3 is 15.5 Å². The number of aryl methyl sites for hydroxylation is 1. The molecule has 31 heavy (non-hydrogen) atoms. The van der Waals surface area contributed by atoms with Gasteiger partial charge in [0.05, 0.1) is 11.1 Å². The molecular formula is C22H23FN6O2. The molecular weight excluding hydrogens is 399 g/mol. The molecule has 1 aromatic carbocycles. The number of benzene rings is 1. The van der Waals surface area contributed by atoms with E-state index in [1.54, 1.807) is 24.0 Å². The molecule has 0 bridgehead atoms. The first kappa shape index (κ1) is 20.5. The number of anilines is 2. The van der Waals surface area contributed by atoms with Crippen LogP contribution in [-0.2, 0) is 4.79 Å². The summed E-state index contributed by atoms with van der Waals surface area (Å²) in [6.07, 6.45) is 2.64. The predicted molar refractivity (Wildman–Crippen MR) is 118 cm³/mol. The molecule has 8 nitrogen and oxygen atoms in total. The van der Waals surface area contributed by atoms with Crippen molar-refractivity contribution in [2.75, 3.05) is 30.3 Å². The number of para-hydroxylation sites is 1. The highest BCUT2D eigenvalue weighted by molar-refractivity contribution is 5.90. The number of nitrogens with two attached hydrogens (primary N) is 1. The second-order valence-electron chi connectivity index (χ2n) is 7.59. The number of pyridine rings is 1. The molecule has 160 valence electrons. The molecule has 1 aliphatic heterocycles. The van der Waals surface area contributed by atoms with Gasteiger partial charge in [-0.2, -0.15) is 0 Å². The zero-order valence-electron chi connectivity index (χ0n) is 17.4. The van der Waals surface area contributed by atoms with Gasteiger partial charge in [-0.15, -0.1) is 0 Å². The monoisotopic (exact) mass is 422 g/mol. The van der Waals surface area contributed by atoms with Crippen LogP contribution in [0.5, 0.6) is 0 Å². The van der Waals surface area contributed by atoms with Crippen LogP contribution in [0.2, 0.25) is 0 Å². The zero-order chi connectivity index (χ0) is 22.3. The minimum atomic E-state index is -0.588. The Kier molecular flexibility index (Phi) is 5.18. The lowest BCUT2D eigenvalue weighted by Crippen LogP contribution is -2.53. The van der Waals surface area contributed by atoms with Gasteiger partial charge in [0.15, 0.2) is 0 Å². The molecule has 0 aliphatic carbocycles. The number of piperazine rings is 1. The predicted octanol–water partition coefficient (Wildman–Crippen LogP) is 2.03. The quantitative estimate of drug-likeness (QED) is 0.512. The van der Waals surface area contributed by atoms with Crippen molar-refractivity contribution >= 4 is 28.3 Å². The third-order valence-corrected chi connectivity index (χ3v) is 5.60. The maximum atomic E-state index is 14.5. The maximum absolute atomic E-state index is 14.5. The van der Waals surface area contributed by atoms with Crippen LogP contribution in [0.15, 0.2) is 48.0 Å². The Labute approximate surface area is 178 Å². The van der Waals surface area contributed by atoms with Crippen LogP contribution >= 0.6 is 0 Å². The summed E-state index contributed by atoms with van der Waals surface area (Å²) in [4.78, 5) is 37.7. The summed E-state index contributed by atoms with van der Waals surface area (Å²) >= 11 is 0. The molecule has 0 saturated carbocycles. The van der Waals surface area contributed by atoms with E-state index in [0.717, 1.165) is 0 Å². The lowest BCUT2D eigenvalue weighted by molar-refractivity contribution is -0.126. The fraction of sp³-hybridized carbons (Fsp3) is 0.273. The largest absolute Gasteiger partial charge is 0.397 e. The molecule has 3 heterocycles. The summed E-state index contributed by atoms with van der Waals surface area (Å²) in [6.45, 7) is 8.83. The Balaban J connectivity index is 1.83. The first-order valence-corrected chi connectivity index (χ1v) is 9.93. The SMILES string of the molecule is C=CC(=O)N1CCN(c2ncnc3c(=O)n(-c4c(N)cccc4F)c(C)cc23)[C@H](C)C1. The standard InChI is InChI=1S/C22H23FN6O2/c1-4-18(30)27-8-9-28(14(3)11-27)21-15-10-13(2)29(22(31)19(15)25-12-26-21)20-16(23)6-5-7-17(20)24/h4-7,10,12,14H,1,8-9,11,24H2,2-3H3/t14-/m1/s1. The van der Waals surface area contributed by atoms with Gasteiger partial charge in [0.25, 0.3) is 5.56 Å². The summed E-state index contributed by atoms with van der Waals surface area (Å²) in [7, 11) is 0. The Hall–Kier alpha value is -3.75. The molecule has 3 aromatic rings. The van der Waals surface area contributed by atoms with Gasteiger partial charge in [0.2, 0.25) is 5.91 Å². The van der Waals surface area contributed by atoms with Gasteiger partial charge in [-0.3, -0.25) is 14.2 Å². The van der Waals surface area contributed by atoms with E-state index in [2.05, 4.69) is 21.4 Å². The van der Waals surface area contributed by atoms with E-state index in [-0.39, 0.29) is 28.8 Å². The fourth-order valence-electron chi connectivity index (χ4n) is 4.11. The van der Waals surface area contributed by atoms with E-state index in [1.165, 1.54) is 29.1 Å². The Morgan fingerprint density at radius 1 is 1.32 bits per heavy atom. The van der Waals surface area contributed by atoms with Gasteiger partial charge in [-0.25, -0.2) is 14.4 Å². The summed E-state index contributed by atoms with van der Waals surface area (Å²) in [5, 5.41) is 0.575. The molecule has 1 amide bonds. The lowest BCUT2D eigenvalue weighted by atomic mass is 10.1. The van der Waals surface area contributed by atoms with Crippen molar-refractivity contribution in [2.24, 2.45) is 0 Å². The molecule has 9 heteroatoms. The zero-order valence-corrected chi connectivity index (χ0v) is 17.4. The number of amides is 1. The number of aromatic nitrogens is 3. The van der Waals surface area contributed by atoms with E-state index < -0.39 is 11.4 Å². The molecule has 0 spiro atoms. The molecule has 1 atom stereocenters. The van der Waals surface area contributed by atoms with Gasteiger partial charge in [-0.1, -0.05) is 12.6 Å². The number of nitrogens with zero attached hydrogens (tertiary/aromatic N) is 5. The molecule has 0 radical (unpaired) electrons. The van der Waals surface area contributed by atoms with Crippen molar-refractivity contribution in [1.29, 1.82) is 0 Å². The second kappa shape index (κ2) is 7.82. The third kappa shape index (κ3) is 3.41. The van der Waals surface area contributed by atoms with E-state index in [0.29, 0.717) is 36.5 Å². The Morgan fingerprint density at radius 3 is 2.77 bits per heavy atom. The van der Waals surface area contributed by atoms with Crippen LogP contribution in [0.3, 0.4) is 0 Å². The highest BCUT2D eigenvalue weighted by Gasteiger charge is 2.28. The molecule has 0 unspecified atom stereocenters. The average Bonchev–Trinajstić information content (AvgIpc) is 2.75. The molecule has 4 rings (SSSR count). The molecule has 1 saturated heterocycles. The van der Waals surface area contributed by atoms with Crippen molar-refractivity contribution in [1.82, 2.24) is 19.4 Å². The van der Waals surface area contributed by atoms with E-state index >= 15 is 0 Å². The lowest BCUT2D eigenvalue weighted by Gasteiger charge is -2.40. The normalized spacial score (nSPS) is 16.5. The van der Waals surface area contributed by atoms with Crippen LogP contribution in [0.25, 0.3) is 16.6 Å². The number of halogens is 1. The minimum Gasteiger partial charge on any atom is -0.397 e. The highest BCUT2D eigenvalue weighted by Crippen LogP contribution is 2.28. The van der Waals surface area contributed by atoms with Crippen LogP contribution in [0.1, 0.15) is 12.6 Å². The average molecular weight is 422 g/mol. The summed E-state index contributed by atoms with van der Waals surface area (Å²) in [5.74, 6) is -0.0900. The summed E-state index contributed by atoms with van der Waals surface area (Å²) < 4.78 is 15.8. The van der Waals surface area contributed by atoms with Gasteiger partial charge in [-0.05, 0) is 38.1 Å². The van der Waals surface area contributed by atoms with Crippen molar-refractivity contribution in [3.8, 4) is 5.69 Å². The second-order valence-corrected chi connectivity index (χ2v) is 7.59. The Bertz CT molecular complexity index is 1230. The van der Waals surface area contributed by atoms with E-state index in [9.17, 15) is 14.0 Å². The number of hydrogen-bond acceptors (Lipinski definition) is 6. The number of carbonyl (C=O) groups excluding carboxylic acids is 1. The van der Waals surface area contributed by atoms with Crippen LogP contribution in [-0.4, -0.2) is 51.0 Å². The number of nitrogen functional groups attached to an aromatic ring is 1. The highest BCUT2D eigenvalue weighted by atomic mass is 19.1. The van der Waals surface area contributed by atoms with Crippen LogP contribution in [0.4, 0.5) is 15.9 Å². The smallest absolute Gasteiger partial charge is 0.282 e. The minimum absolute atomic E-state index is 0.0111. The van der Waals surface area contributed by atoms with Crippen LogP contribution < -0.4 is 16.2 Å². The molecule has 1 aliphatic rings. The Morgan fingerprint density at radius 2 is 2.10 bits per heavy atom. The van der Waals surface area contributed by atoms with Gasteiger partial charge >= 0.3 is 0 Å². The van der Waals surface area contributed by atoms with Gasteiger partial charge in [0.1, 0.15) is 29.2 Å². The van der Waals surface area contributed by atoms with Crippen molar-refractivity contribution in [2.45, 2.75) is 19.9 Å². The van der Waals surface area contributed by atoms with Crippen molar-refractivity contribution < 1.29 is 9.18 Å². The maximum Gasteiger partial charge on any atom is 0.282 e. The summed E-state index contributed by atoms with van der Waals surface area (Å²) in [6, 6.07) is 6.05. The number of carbonyl (C=O) groups is 1. The molecule has 2 aromatic heterocycles. The number of hydrogen-bond donors (Lipinski definition) is 1. The van der Waals surface area contributed by atoms with Crippen molar-refractivity contribution in [3.63, 3.8) is 0 Å². The van der Waals surface area contributed by atoms with Crippen LogP contribution in [0, 0.1) is 12.7 Å².